The first-order chi connectivity index (χ1) is 8.28. The van der Waals surface area contributed by atoms with Crippen LogP contribution in [0, 0.1) is 5.92 Å². The van der Waals surface area contributed by atoms with Crippen LogP contribution in [0.1, 0.15) is 38.2 Å². The molecule has 1 saturated carbocycles. The van der Waals surface area contributed by atoms with Crippen molar-refractivity contribution in [2.75, 3.05) is 6.54 Å². The van der Waals surface area contributed by atoms with E-state index < -0.39 is 0 Å². The number of hydrogen-bond donors (Lipinski definition) is 2. The molecule has 0 spiro atoms. The third kappa shape index (κ3) is 4.39. The number of nitrogens with one attached hydrogen (secondary N) is 1. The molecule has 1 aliphatic carbocycles. The predicted molar refractivity (Wildman–Crippen MR) is 71.2 cm³/mol. The molecular weight excluding hydrogens is 210 g/mol. The van der Waals surface area contributed by atoms with E-state index in [2.05, 4.69) is 12.2 Å². The molecule has 0 radical (unpaired) electrons. The summed E-state index contributed by atoms with van der Waals surface area (Å²) < 4.78 is 0. The molecule has 0 aliphatic heterocycles. The van der Waals surface area contributed by atoms with Gasteiger partial charge in [0, 0.05) is 6.04 Å². The molecule has 17 heavy (non-hydrogen) atoms. The van der Waals surface area contributed by atoms with Crippen LogP contribution in [0.3, 0.4) is 0 Å². The van der Waals surface area contributed by atoms with Gasteiger partial charge < -0.3 is 10.4 Å². The second-order valence-corrected chi connectivity index (χ2v) is 5.20. The van der Waals surface area contributed by atoms with Crippen LogP contribution in [-0.2, 0) is 6.42 Å². The van der Waals surface area contributed by atoms with E-state index in [1.54, 1.807) is 12.1 Å². The van der Waals surface area contributed by atoms with Crippen molar-refractivity contribution in [3.8, 4) is 5.75 Å². The van der Waals surface area contributed by atoms with Crippen LogP contribution in [0.5, 0.6) is 5.75 Å². The Morgan fingerprint density at radius 2 is 2.00 bits per heavy atom. The number of phenols is 1. The van der Waals surface area contributed by atoms with Crippen molar-refractivity contribution in [1.29, 1.82) is 0 Å². The lowest BCUT2D eigenvalue weighted by Gasteiger charge is -2.18. The highest BCUT2D eigenvalue weighted by atomic mass is 16.3. The van der Waals surface area contributed by atoms with Gasteiger partial charge in [-0.2, -0.15) is 0 Å². The Hall–Kier alpha value is -1.02. The summed E-state index contributed by atoms with van der Waals surface area (Å²) >= 11 is 0. The number of benzene rings is 1. The number of rotatable bonds is 7. The van der Waals surface area contributed by atoms with Crippen LogP contribution >= 0.6 is 0 Å². The molecule has 1 atom stereocenters. The van der Waals surface area contributed by atoms with E-state index >= 15 is 0 Å². The Morgan fingerprint density at radius 3 is 2.59 bits per heavy atom. The average molecular weight is 233 g/mol. The molecule has 2 nitrogen and oxygen atoms in total. The van der Waals surface area contributed by atoms with Crippen LogP contribution in [0.2, 0.25) is 0 Å². The van der Waals surface area contributed by atoms with E-state index in [0.717, 1.165) is 18.9 Å². The summed E-state index contributed by atoms with van der Waals surface area (Å²) in [5, 5.41) is 12.9. The smallest absolute Gasteiger partial charge is 0.115 e. The third-order valence-electron chi connectivity index (χ3n) is 3.42. The van der Waals surface area contributed by atoms with Gasteiger partial charge in [0.15, 0.2) is 0 Å². The second-order valence-electron chi connectivity index (χ2n) is 5.20. The van der Waals surface area contributed by atoms with Crippen molar-refractivity contribution in [1.82, 2.24) is 5.32 Å². The van der Waals surface area contributed by atoms with Crippen LogP contribution in [0.25, 0.3) is 0 Å². The SMILES string of the molecule is CCCNC(Cc1ccc(O)cc1)CC1CC1. The molecule has 94 valence electrons. The van der Waals surface area contributed by atoms with Crippen molar-refractivity contribution in [2.24, 2.45) is 5.92 Å². The highest BCUT2D eigenvalue weighted by molar-refractivity contribution is 5.26. The van der Waals surface area contributed by atoms with Crippen molar-refractivity contribution in [3.63, 3.8) is 0 Å². The lowest BCUT2D eigenvalue weighted by Crippen LogP contribution is -2.32. The summed E-state index contributed by atoms with van der Waals surface area (Å²) in [6, 6.07) is 8.23. The van der Waals surface area contributed by atoms with Gasteiger partial charge >= 0.3 is 0 Å². The minimum absolute atomic E-state index is 0.356. The van der Waals surface area contributed by atoms with Crippen molar-refractivity contribution >= 4 is 0 Å². The summed E-state index contributed by atoms with van der Waals surface area (Å²) in [5.74, 6) is 1.32. The monoisotopic (exact) mass is 233 g/mol. The van der Waals surface area contributed by atoms with Gasteiger partial charge in [0.2, 0.25) is 0 Å². The number of aromatic hydroxyl groups is 1. The first-order valence-corrected chi connectivity index (χ1v) is 6.79. The molecule has 1 fully saturated rings. The summed E-state index contributed by atoms with van der Waals surface area (Å²) in [4.78, 5) is 0. The molecule has 2 N–H and O–H groups in total. The van der Waals surface area contributed by atoms with Gasteiger partial charge in [-0.3, -0.25) is 0 Å². The zero-order valence-electron chi connectivity index (χ0n) is 10.7. The Morgan fingerprint density at radius 1 is 1.29 bits per heavy atom. The Kier molecular flexibility index (Phi) is 4.43. The first-order valence-electron chi connectivity index (χ1n) is 6.79. The molecule has 0 amide bonds. The fraction of sp³-hybridized carbons (Fsp3) is 0.600. The van der Waals surface area contributed by atoms with E-state index in [0.29, 0.717) is 11.8 Å². The molecule has 0 bridgehead atoms. The fourth-order valence-electron chi connectivity index (χ4n) is 2.26. The van der Waals surface area contributed by atoms with Crippen LogP contribution in [0.15, 0.2) is 24.3 Å². The highest BCUT2D eigenvalue weighted by Gasteiger charge is 2.25. The summed E-state index contributed by atoms with van der Waals surface area (Å²) in [7, 11) is 0. The van der Waals surface area contributed by atoms with Gasteiger partial charge in [0.1, 0.15) is 5.75 Å². The average Bonchev–Trinajstić information content (AvgIpc) is 3.13. The zero-order valence-corrected chi connectivity index (χ0v) is 10.7. The van der Waals surface area contributed by atoms with Gasteiger partial charge in [-0.25, -0.2) is 0 Å². The minimum Gasteiger partial charge on any atom is -0.508 e. The van der Waals surface area contributed by atoms with E-state index in [4.69, 9.17) is 0 Å². The van der Waals surface area contributed by atoms with Crippen LogP contribution in [0.4, 0.5) is 0 Å². The Labute approximate surface area is 104 Å². The molecule has 1 unspecified atom stereocenters. The highest BCUT2D eigenvalue weighted by Crippen LogP contribution is 2.34. The molecule has 0 saturated heterocycles. The molecule has 1 aliphatic rings. The maximum absolute atomic E-state index is 9.27. The summed E-state index contributed by atoms with van der Waals surface area (Å²) in [5.41, 5.74) is 1.32. The quantitative estimate of drug-likeness (QED) is 0.758. The van der Waals surface area contributed by atoms with Crippen molar-refractivity contribution in [3.05, 3.63) is 29.8 Å². The summed E-state index contributed by atoms with van der Waals surface area (Å²) in [6.07, 6.45) is 6.41. The van der Waals surface area contributed by atoms with Gasteiger partial charge in [-0.15, -0.1) is 0 Å². The maximum Gasteiger partial charge on any atom is 0.115 e. The van der Waals surface area contributed by atoms with Gasteiger partial charge in [-0.05, 0) is 49.4 Å². The van der Waals surface area contributed by atoms with Gasteiger partial charge in [-0.1, -0.05) is 31.9 Å². The van der Waals surface area contributed by atoms with Crippen LogP contribution < -0.4 is 5.32 Å². The lowest BCUT2D eigenvalue weighted by molar-refractivity contribution is 0.453. The lowest BCUT2D eigenvalue weighted by atomic mass is 10.0. The normalized spacial score (nSPS) is 17.0. The van der Waals surface area contributed by atoms with E-state index in [1.165, 1.54) is 31.2 Å². The van der Waals surface area contributed by atoms with Crippen molar-refractivity contribution in [2.45, 2.75) is 45.1 Å². The Bertz CT molecular complexity index is 329. The molecule has 1 aromatic carbocycles. The molecule has 0 aromatic heterocycles. The van der Waals surface area contributed by atoms with E-state index in [1.807, 2.05) is 12.1 Å². The topological polar surface area (TPSA) is 32.3 Å². The molecule has 2 rings (SSSR count). The number of phenolic OH excluding ortho intramolecular Hbond substituents is 1. The van der Waals surface area contributed by atoms with E-state index in [9.17, 15) is 5.11 Å². The summed E-state index contributed by atoms with van der Waals surface area (Å²) in [6.45, 7) is 3.32. The first kappa shape index (κ1) is 12.4. The zero-order chi connectivity index (χ0) is 12.1. The number of hydrogen-bond acceptors (Lipinski definition) is 2. The molecule has 1 aromatic rings. The third-order valence-corrected chi connectivity index (χ3v) is 3.42. The van der Waals surface area contributed by atoms with E-state index in [-0.39, 0.29) is 0 Å². The minimum atomic E-state index is 0.356. The fourth-order valence-corrected chi connectivity index (χ4v) is 2.26. The largest absolute Gasteiger partial charge is 0.508 e. The van der Waals surface area contributed by atoms with Crippen molar-refractivity contribution < 1.29 is 5.11 Å². The second kappa shape index (κ2) is 6.06. The molecule has 0 heterocycles. The Balaban J connectivity index is 1.87. The van der Waals surface area contributed by atoms with Gasteiger partial charge in [0.25, 0.3) is 0 Å². The molecular formula is C15H23NO. The predicted octanol–water partition coefficient (Wildman–Crippen LogP) is 3.10. The van der Waals surface area contributed by atoms with Gasteiger partial charge in [0.05, 0.1) is 0 Å². The standard InChI is InChI=1S/C15H23NO/c1-2-9-16-14(10-12-3-4-12)11-13-5-7-15(17)8-6-13/h5-8,12,14,16-17H,2-4,9-11H2,1H3. The molecule has 2 heteroatoms. The van der Waals surface area contributed by atoms with Crippen LogP contribution in [-0.4, -0.2) is 17.7 Å². The maximum atomic E-state index is 9.27.